The van der Waals surface area contributed by atoms with Gasteiger partial charge in [0.15, 0.2) is 6.10 Å². The zero-order chi connectivity index (χ0) is 18.2. The number of halogens is 1. The number of nitrogens with one attached hydrogen (secondary N) is 2. The van der Waals surface area contributed by atoms with Gasteiger partial charge in [0.05, 0.1) is 22.9 Å². The van der Waals surface area contributed by atoms with E-state index in [0.717, 1.165) is 0 Å². The summed E-state index contributed by atoms with van der Waals surface area (Å²) in [7, 11) is 0. The lowest BCUT2D eigenvalue weighted by Gasteiger charge is -2.16. The Morgan fingerprint density at radius 3 is 2.44 bits per heavy atom. The standard InChI is InChI=1S/C18H19ClN2O4/c1-12(17(23)21-16-9-5-3-7-14(16)19)25-18(24)13-6-2-4-8-15(13)20-10-11-22/h2-9,12,20,22H,10-11H2,1H3,(H,21,23)/t12-/m0/s1. The van der Waals surface area contributed by atoms with Crippen LogP contribution in [0, 0.1) is 0 Å². The molecule has 0 saturated carbocycles. The molecule has 0 aliphatic heterocycles. The highest BCUT2D eigenvalue weighted by molar-refractivity contribution is 6.33. The van der Waals surface area contributed by atoms with E-state index in [1.165, 1.54) is 6.92 Å². The van der Waals surface area contributed by atoms with Crippen LogP contribution in [0.15, 0.2) is 48.5 Å². The van der Waals surface area contributed by atoms with E-state index in [1.54, 1.807) is 48.5 Å². The molecule has 3 N–H and O–H groups in total. The van der Waals surface area contributed by atoms with Gasteiger partial charge in [-0.1, -0.05) is 35.9 Å². The molecule has 1 amide bonds. The van der Waals surface area contributed by atoms with Crippen molar-refractivity contribution in [3.63, 3.8) is 0 Å². The van der Waals surface area contributed by atoms with E-state index in [4.69, 9.17) is 21.4 Å². The Morgan fingerprint density at radius 1 is 1.12 bits per heavy atom. The molecule has 0 aliphatic rings. The molecule has 132 valence electrons. The number of rotatable bonds is 7. The fourth-order valence-corrected chi connectivity index (χ4v) is 2.26. The molecule has 6 nitrogen and oxygen atoms in total. The van der Waals surface area contributed by atoms with Crippen LogP contribution in [0.25, 0.3) is 0 Å². The van der Waals surface area contributed by atoms with Crippen LogP contribution in [0.4, 0.5) is 11.4 Å². The SMILES string of the molecule is C[C@H](OC(=O)c1ccccc1NCCO)C(=O)Nc1ccccc1Cl. The third-order valence-corrected chi connectivity index (χ3v) is 3.69. The molecule has 2 aromatic carbocycles. The molecule has 0 unspecified atom stereocenters. The van der Waals surface area contributed by atoms with Crippen LogP contribution in [0.1, 0.15) is 17.3 Å². The number of carbonyl (C=O) groups is 2. The van der Waals surface area contributed by atoms with Gasteiger partial charge in [-0.05, 0) is 31.2 Å². The van der Waals surface area contributed by atoms with E-state index in [2.05, 4.69) is 10.6 Å². The number of aliphatic hydroxyl groups excluding tert-OH is 1. The van der Waals surface area contributed by atoms with Crippen molar-refractivity contribution < 1.29 is 19.4 Å². The summed E-state index contributed by atoms with van der Waals surface area (Å²) < 4.78 is 5.23. The molecule has 0 aromatic heterocycles. The molecular weight excluding hydrogens is 344 g/mol. The highest BCUT2D eigenvalue weighted by Gasteiger charge is 2.21. The third kappa shape index (κ3) is 5.20. The van der Waals surface area contributed by atoms with Crippen molar-refractivity contribution in [1.82, 2.24) is 0 Å². The van der Waals surface area contributed by atoms with Crippen LogP contribution in [0.5, 0.6) is 0 Å². The van der Waals surface area contributed by atoms with Gasteiger partial charge >= 0.3 is 5.97 Å². The number of para-hydroxylation sites is 2. The first kappa shape index (κ1) is 18.8. The van der Waals surface area contributed by atoms with Crippen LogP contribution in [0.3, 0.4) is 0 Å². The van der Waals surface area contributed by atoms with Crippen molar-refractivity contribution in [3.05, 3.63) is 59.1 Å². The van der Waals surface area contributed by atoms with Gasteiger partial charge in [-0.15, -0.1) is 0 Å². The predicted octanol–water partition coefficient (Wildman–Crippen LogP) is 2.93. The van der Waals surface area contributed by atoms with Gasteiger partial charge in [-0.2, -0.15) is 0 Å². The summed E-state index contributed by atoms with van der Waals surface area (Å²) in [5.41, 5.74) is 1.26. The summed E-state index contributed by atoms with van der Waals surface area (Å²) in [4.78, 5) is 24.5. The first-order valence-electron chi connectivity index (χ1n) is 7.73. The smallest absolute Gasteiger partial charge is 0.341 e. The predicted molar refractivity (Wildman–Crippen MR) is 97.0 cm³/mol. The molecule has 0 spiro atoms. The summed E-state index contributed by atoms with van der Waals surface area (Å²) in [6, 6.07) is 13.5. The van der Waals surface area contributed by atoms with Gasteiger partial charge in [0.2, 0.25) is 0 Å². The molecule has 7 heteroatoms. The first-order valence-corrected chi connectivity index (χ1v) is 8.11. The molecule has 0 saturated heterocycles. The van der Waals surface area contributed by atoms with Crippen molar-refractivity contribution in [2.45, 2.75) is 13.0 Å². The summed E-state index contributed by atoms with van der Waals surface area (Å²) >= 11 is 5.99. The van der Waals surface area contributed by atoms with E-state index in [1.807, 2.05) is 0 Å². The van der Waals surface area contributed by atoms with Crippen molar-refractivity contribution in [2.24, 2.45) is 0 Å². The van der Waals surface area contributed by atoms with Gasteiger partial charge in [-0.25, -0.2) is 4.79 Å². The Labute approximate surface area is 150 Å². The van der Waals surface area contributed by atoms with E-state index in [0.29, 0.717) is 22.9 Å². The number of carbonyl (C=O) groups excluding carboxylic acids is 2. The minimum absolute atomic E-state index is 0.0694. The first-order chi connectivity index (χ1) is 12.0. The molecule has 0 aliphatic carbocycles. The maximum atomic E-state index is 12.3. The molecule has 1 atom stereocenters. The van der Waals surface area contributed by atoms with E-state index in [9.17, 15) is 9.59 Å². The van der Waals surface area contributed by atoms with Crippen molar-refractivity contribution in [3.8, 4) is 0 Å². The normalized spacial score (nSPS) is 11.5. The number of amides is 1. The second-order valence-corrected chi connectivity index (χ2v) is 5.62. The maximum Gasteiger partial charge on any atom is 0.341 e. The maximum absolute atomic E-state index is 12.3. The highest BCUT2D eigenvalue weighted by Crippen LogP contribution is 2.21. The van der Waals surface area contributed by atoms with Gasteiger partial charge in [-0.3, -0.25) is 4.79 Å². The van der Waals surface area contributed by atoms with Gasteiger partial charge in [0.1, 0.15) is 0 Å². The molecule has 0 bridgehead atoms. The van der Waals surface area contributed by atoms with Crippen molar-refractivity contribution in [1.29, 1.82) is 0 Å². The zero-order valence-electron chi connectivity index (χ0n) is 13.7. The number of esters is 1. The van der Waals surface area contributed by atoms with E-state index in [-0.39, 0.29) is 12.2 Å². The lowest BCUT2D eigenvalue weighted by molar-refractivity contribution is -0.123. The number of benzene rings is 2. The number of hydrogen-bond donors (Lipinski definition) is 3. The van der Waals surface area contributed by atoms with Gasteiger partial charge in [0, 0.05) is 12.2 Å². The fourth-order valence-electron chi connectivity index (χ4n) is 2.08. The summed E-state index contributed by atoms with van der Waals surface area (Å²) in [5.74, 6) is -1.12. The van der Waals surface area contributed by atoms with Crippen LogP contribution in [-0.4, -0.2) is 36.2 Å². The Morgan fingerprint density at radius 2 is 1.76 bits per heavy atom. The molecule has 2 rings (SSSR count). The lowest BCUT2D eigenvalue weighted by Crippen LogP contribution is -2.30. The van der Waals surface area contributed by atoms with Crippen molar-refractivity contribution >= 4 is 34.9 Å². The topological polar surface area (TPSA) is 87.7 Å². The zero-order valence-corrected chi connectivity index (χ0v) is 14.4. The van der Waals surface area contributed by atoms with Gasteiger partial charge in [0.25, 0.3) is 5.91 Å². The summed E-state index contributed by atoms with van der Waals surface area (Å²) in [5, 5.41) is 14.8. The lowest BCUT2D eigenvalue weighted by atomic mass is 10.1. The number of ether oxygens (including phenoxy) is 1. The summed E-state index contributed by atoms with van der Waals surface area (Å²) in [6.07, 6.45) is -1.00. The fraction of sp³-hybridized carbons (Fsp3) is 0.222. The van der Waals surface area contributed by atoms with Crippen LogP contribution in [-0.2, 0) is 9.53 Å². The number of aliphatic hydroxyl groups is 1. The second-order valence-electron chi connectivity index (χ2n) is 5.21. The van der Waals surface area contributed by atoms with E-state index >= 15 is 0 Å². The summed E-state index contributed by atoms with van der Waals surface area (Å²) in [6.45, 7) is 1.71. The third-order valence-electron chi connectivity index (χ3n) is 3.36. The Bertz CT molecular complexity index is 751. The highest BCUT2D eigenvalue weighted by atomic mass is 35.5. The number of hydrogen-bond acceptors (Lipinski definition) is 5. The monoisotopic (exact) mass is 362 g/mol. The average Bonchev–Trinajstić information content (AvgIpc) is 2.62. The second kappa shape index (κ2) is 9.05. The molecule has 25 heavy (non-hydrogen) atoms. The van der Waals surface area contributed by atoms with Crippen LogP contribution >= 0.6 is 11.6 Å². The molecule has 0 fully saturated rings. The minimum Gasteiger partial charge on any atom is -0.449 e. The largest absolute Gasteiger partial charge is 0.449 e. The van der Waals surface area contributed by atoms with Crippen LogP contribution < -0.4 is 10.6 Å². The minimum atomic E-state index is -1.00. The Kier molecular flexibility index (Phi) is 6.80. The molecule has 0 heterocycles. The average molecular weight is 363 g/mol. The molecule has 2 aromatic rings. The van der Waals surface area contributed by atoms with Crippen molar-refractivity contribution in [2.75, 3.05) is 23.8 Å². The van der Waals surface area contributed by atoms with Crippen LogP contribution in [0.2, 0.25) is 5.02 Å². The van der Waals surface area contributed by atoms with Gasteiger partial charge < -0.3 is 20.5 Å². The quantitative estimate of drug-likeness (QED) is 0.659. The Hall–Kier alpha value is -2.57. The Balaban J connectivity index is 2.02. The number of anilines is 2. The molecule has 0 radical (unpaired) electrons. The molecular formula is C18H19ClN2O4. The van der Waals surface area contributed by atoms with E-state index < -0.39 is 18.0 Å².